The Morgan fingerprint density at radius 3 is 2.39 bits per heavy atom. The maximum Gasteiger partial charge on any atom is 0.0294 e. The Kier molecular flexibility index (Phi) is 4.41. The molecule has 2 nitrogen and oxygen atoms in total. The van der Waals surface area contributed by atoms with Crippen molar-refractivity contribution in [2.24, 2.45) is 0 Å². The first kappa shape index (κ1) is 13.6. The molecule has 100 valence electrons. The van der Waals surface area contributed by atoms with E-state index in [0.717, 1.165) is 0 Å². The molecule has 0 aromatic heterocycles. The second-order valence-corrected chi connectivity index (χ2v) is 5.87. The Balaban J connectivity index is 1.88. The maximum atomic E-state index is 3.76. The number of hydrogen-bond donors (Lipinski definition) is 1. The van der Waals surface area contributed by atoms with E-state index in [1.807, 2.05) is 0 Å². The molecular formula is C16H26N2. The van der Waals surface area contributed by atoms with E-state index in [1.54, 1.807) is 0 Å². The molecule has 2 heteroatoms. The standard InChI is InChI=1S/C16H26N2/c1-12(2)18-10-9-16(11-18)17-14(4)15-7-5-13(3)6-8-15/h5-8,12,14,16-17H,9-11H2,1-4H3/t14-,16?/m0/s1. The van der Waals surface area contributed by atoms with Gasteiger partial charge >= 0.3 is 0 Å². The van der Waals surface area contributed by atoms with Crippen molar-refractivity contribution in [3.63, 3.8) is 0 Å². The molecule has 0 amide bonds. The van der Waals surface area contributed by atoms with Crippen LogP contribution in [0.2, 0.25) is 0 Å². The normalized spacial score (nSPS) is 22.6. The van der Waals surface area contributed by atoms with Crippen LogP contribution in [-0.4, -0.2) is 30.1 Å². The Morgan fingerprint density at radius 1 is 1.17 bits per heavy atom. The SMILES string of the molecule is Cc1ccc([C@H](C)NC2CCN(C(C)C)C2)cc1. The van der Waals surface area contributed by atoms with E-state index >= 15 is 0 Å². The van der Waals surface area contributed by atoms with Crippen molar-refractivity contribution in [1.82, 2.24) is 10.2 Å². The lowest BCUT2D eigenvalue weighted by Crippen LogP contribution is -2.36. The summed E-state index contributed by atoms with van der Waals surface area (Å²) >= 11 is 0. The Hall–Kier alpha value is -0.860. The average molecular weight is 246 g/mol. The lowest BCUT2D eigenvalue weighted by atomic mass is 10.1. The van der Waals surface area contributed by atoms with Crippen molar-refractivity contribution in [3.05, 3.63) is 35.4 Å². The van der Waals surface area contributed by atoms with Crippen LogP contribution in [-0.2, 0) is 0 Å². The van der Waals surface area contributed by atoms with Crippen molar-refractivity contribution in [1.29, 1.82) is 0 Å². The quantitative estimate of drug-likeness (QED) is 0.878. The lowest BCUT2D eigenvalue weighted by Gasteiger charge is -2.23. The predicted molar refractivity (Wildman–Crippen MR) is 77.8 cm³/mol. The topological polar surface area (TPSA) is 15.3 Å². The fourth-order valence-electron chi connectivity index (χ4n) is 2.70. The van der Waals surface area contributed by atoms with Crippen molar-refractivity contribution in [3.8, 4) is 0 Å². The van der Waals surface area contributed by atoms with E-state index in [2.05, 4.69) is 62.2 Å². The third-order valence-corrected chi connectivity index (χ3v) is 4.01. The number of nitrogens with zero attached hydrogens (tertiary/aromatic N) is 1. The third-order valence-electron chi connectivity index (χ3n) is 4.01. The molecule has 1 heterocycles. The van der Waals surface area contributed by atoms with Gasteiger partial charge in [0.25, 0.3) is 0 Å². The van der Waals surface area contributed by atoms with E-state index < -0.39 is 0 Å². The minimum atomic E-state index is 0.447. The first-order valence-corrected chi connectivity index (χ1v) is 7.13. The minimum Gasteiger partial charge on any atom is -0.306 e. The second-order valence-electron chi connectivity index (χ2n) is 5.87. The van der Waals surface area contributed by atoms with Gasteiger partial charge in [-0.25, -0.2) is 0 Å². The zero-order chi connectivity index (χ0) is 13.1. The minimum absolute atomic E-state index is 0.447. The summed E-state index contributed by atoms with van der Waals surface area (Å²) in [5.41, 5.74) is 2.72. The van der Waals surface area contributed by atoms with Gasteiger partial charge in [-0.2, -0.15) is 0 Å². The number of hydrogen-bond acceptors (Lipinski definition) is 2. The molecule has 1 unspecified atom stereocenters. The van der Waals surface area contributed by atoms with Crippen LogP contribution in [0.25, 0.3) is 0 Å². The molecule has 0 spiro atoms. The molecule has 0 aliphatic carbocycles. The van der Waals surface area contributed by atoms with Crippen LogP contribution in [0.1, 0.15) is 44.4 Å². The summed E-state index contributed by atoms with van der Waals surface area (Å²) in [6.45, 7) is 11.4. The molecule has 0 saturated carbocycles. The number of benzene rings is 1. The summed E-state index contributed by atoms with van der Waals surface area (Å²) in [4.78, 5) is 2.56. The zero-order valence-electron chi connectivity index (χ0n) is 12.1. The van der Waals surface area contributed by atoms with E-state index in [4.69, 9.17) is 0 Å². The monoisotopic (exact) mass is 246 g/mol. The van der Waals surface area contributed by atoms with Gasteiger partial charge in [-0.15, -0.1) is 0 Å². The molecule has 1 fully saturated rings. The Labute approximate surface area is 111 Å². The molecule has 2 atom stereocenters. The predicted octanol–water partition coefficient (Wildman–Crippen LogP) is 3.13. The van der Waals surface area contributed by atoms with Gasteiger partial charge in [0, 0.05) is 24.7 Å². The molecule has 1 saturated heterocycles. The molecule has 0 radical (unpaired) electrons. The summed E-state index contributed by atoms with van der Waals surface area (Å²) in [5.74, 6) is 0. The number of aryl methyl sites for hydroxylation is 1. The van der Waals surface area contributed by atoms with Crippen LogP contribution in [0.15, 0.2) is 24.3 Å². The first-order valence-electron chi connectivity index (χ1n) is 7.13. The van der Waals surface area contributed by atoms with Gasteiger partial charge in [0.15, 0.2) is 0 Å². The summed E-state index contributed by atoms with van der Waals surface area (Å²) in [6, 6.07) is 10.6. The number of likely N-dealkylation sites (tertiary alicyclic amines) is 1. The highest BCUT2D eigenvalue weighted by molar-refractivity contribution is 5.23. The highest BCUT2D eigenvalue weighted by atomic mass is 15.2. The molecular weight excluding hydrogens is 220 g/mol. The van der Waals surface area contributed by atoms with Crippen LogP contribution >= 0.6 is 0 Å². The largest absolute Gasteiger partial charge is 0.306 e. The summed E-state index contributed by atoms with van der Waals surface area (Å²) in [7, 11) is 0. The Morgan fingerprint density at radius 2 is 1.83 bits per heavy atom. The fourth-order valence-corrected chi connectivity index (χ4v) is 2.70. The molecule has 1 aromatic rings. The average Bonchev–Trinajstić information content (AvgIpc) is 2.78. The van der Waals surface area contributed by atoms with Crippen LogP contribution < -0.4 is 5.32 Å². The summed E-state index contributed by atoms with van der Waals surface area (Å²) in [6.07, 6.45) is 1.27. The Bertz CT molecular complexity index is 369. The van der Waals surface area contributed by atoms with E-state index in [1.165, 1.54) is 30.6 Å². The van der Waals surface area contributed by atoms with Crippen molar-refractivity contribution in [2.75, 3.05) is 13.1 Å². The smallest absolute Gasteiger partial charge is 0.0294 e. The highest BCUT2D eigenvalue weighted by Gasteiger charge is 2.25. The van der Waals surface area contributed by atoms with Crippen LogP contribution in [0.3, 0.4) is 0 Å². The molecule has 1 aliphatic heterocycles. The molecule has 18 heavy (non-hydrogen) atoms. The van der Waals surface area contributed by atoms with Crippen molar-refractivity contribution in [2.45, 2.75) is 52.2 Å². The molecule has 1 aliphatic rings. The van der Waals surface area contributed by atoms with Crippen molar-refractivity contribution >= 4 is 0 Å². The lowest BCUT2D eigenvalue weighted by molar-refractivity contribution is 0.266. The zero-order valence-corrected chi connectivity index (χ0v) is 12.1. The van der Waals surface area contributed by atoms with Gasteiger partial charge in [0.1, 0.15) is 0 Å². The van der Waals surface area contributed by atoms with Gasteiger partial charge in [-0.3, -0.25) is 4.90 Å². The summed E-state index contributed by atoms with van der Waals surface area (Å²) < 4.78 is 0. The van der Waals surface area contributed by atoms with Crippen LogP contribution in [0.5, 0.6) is 0 Å². The maximum absolute atomic E-state index is 3.76. The van der Waals surface area contributed by atoms with E-state index in [0.29, 0.717) is 18.1 Å². The van der Waals surface area contributed by atoms with Gasteiger partial charge in [0.05, 0.1) is 0 Å². The first-order chi connectivity index (χ1) is 8.56. The van der Waals surface area contributed by atoms with Gasteiger partial charge < -0.3 is 5.32 Å². The number of nitrogens with one attached hydrogen (secondary N) is 1. The van der Waals surface area contributed by atoms with Crippen LogP contribution in [0, 0.1) is 6.92 Å². The van der Waals surface area contributed by atoms with E-state index in [-0.39, 0.29) is 0 Å². The van der Waals surface area contributed by atoms with Crippen LogP contribution in [0.4, 0.5) is 0 Å². The van der Waals surface area contributed by atoms with Gasteiger partial charge in [-0.05, 0) is 46.2 Å². The second kappa shape index (κ2) is 5.85. The van der Waals surface area contributed by atoms with E-state index in [9.17, 15) is 0 Å². The third kappa shape index (κ3) is 3.33. The molecule has 1 N–H and O–H groups in total. The molecule has 1 aromatic carbocycles. The highest BCUT2D eigenvalue weighted by Crippen LogP contribution is 2.18. The molecule has 2 rings (SSSR count). The van der Waals surface area contributed by atoms with Gasteiger partial charge in [0.2, 0.25) is 0 Å². The van der Waals surface area contributed by atoms with Crippen molar-refractivity contribution < 1.29 is 0 Å². The number of rotatable bonds is 4. The summed E-state index contributed by atoms with van der Waals surface area (Å²) in [5, 5.41) is 3.76. The fraction of sp³-hybridized carbons (Fsp3) is 0.625. The molecule has 0 bridgehead atoms. The van der Waals surface area contributed by atoms with Gasteiger partial charge in [-0.1, -0.05) is 29.8 Å².